The number of unbranched alkanes of at least 4 members (excludes halogenated alkanes) is 2. The molecule has 0 saturated carbocycles. The fourth-order valence-corrected chi connectivity index (χ4v) is 5.40. The molecule has 0 fully saturated rings. The molecule has 0 saturated heterocycles. The predicted molar refractivity (Wildman–Crippen MR) is 91.7 cm³/mol. The molecule has 0 aliphatic rings. The number of hydrogen-bond acceptors (Lipinski definition) is 1. The summed E-state index contributed by atoms with van der Waals surface area (Å²) in [6.07, 6.45) is 6.18. The van der Waals surface area contributed by atoms with Crippen molar-refractivity contribution in [2.24, 2.45) is 0 Å². The van der Waals surface area contributed by atoms with E-state index in [-0.39, 0.29) is 0 Å². The van der Waals surface area contributed by atoms with Gasteiger partial charge in [0.25, 0.3) is 0 Å². The number of rotatable bonds is 7. The molecule has 0 heterocycles. The van der Waals surface area contributed by atoms with Crippen LogP contribution in [0.3, 0.4) is 0 Å². The van der Waals surface area contributed by atoms with Crippen LogP contribution < -0.4 is 4.46 Å². The normalized spacial score (nSPS) is 11.6. The van der Waals surface area contributed by atoms with Gasteiger partial charge in [0.05, 0.1) is 0 Å². The molecule has 2 rings (SSSR count). The third-order valence-electron chi connectivity index (χ3n) is 2.79. The van der Waals surface area contributed by atoms with Crippen LogP contribution in [0.15, 0.2) is 75.4 Å². The van der Waals surface area contributed by atoms with Crippen molar-refractivity contribution in [2.75, 3.05) is 0 Å². The standard InChI is InChI=1S/C18H20SSe/c1-2-3-6-15-18(19-16-11-7-4-8-12-16)20-17-13-9-5-10-14-17/h4-5,7-15H,2-3,6H2,1H3/b18-15-. The number of thioether (sulfide) groups is 1. The first kappa shape index (κ1) is 15.4. The molecule has 0 bridgehead atoms. The molecule has 0 atom stereocenters. The van der Waals surface area contributed by atoms with Gasteiger partial charge in [-0.2, -0.15) is 0 Å². The molecule has 104 valence electrons. The van der Waals surface area contributed by atoms with Crippen LogP contribution in [0.2, 0.25) is 0 Å². The van der Waals surface area contributed by atoms with Gasteiger partial charge in [-0.25, -0.2) is 0 Å². The summed E-state index contributed by atoms with van der Waals surface area (Å²) in [4.78, 5) is 1.34. The van der Waals surface area contributed by atoms with E-state index in [1.165, 1.54) is 32.4 Å². The van der Waals surface area contributed by atoms with Gasteiger partial charge in [-0.3, -0.25) is 0 Å². The molecule has 2 aromatic rings. The van der Waals surface area contributed by atoms with E-state index in [1.807, 2.05) is 11.8 Å². The Morgan fingerprint density at radius 2 is 1.65 bits per heavy atom. The zero-order valence-corrected chi connectivity index (χ0v) is 14.3. The summed E-state index contributed by atoms with van der Waals surface area (Å²) in [5.41, 5.74) is 0. The fraction of sp³-hybridized carbons (Fsp3) is 0.222. The first-order valence-electron chi connectivity index (χ1n) is 7.04. The Balaban J connectivity index is 2.06. The zero-order valence-electron chi connectivity index (χ0n) is 11.8. The monoisotopic (exact) mass is 348 g/mol. The maximum absolute atomic E-state index is 2.44. The van der Waals surface area contributed by atoms with E-state index in [0.717, 1.165) is 0 Å². The van der Waals surface area contributed by atoms with Crippen LogP contribution >= 0.6 is 11.8 Å². The third kappa shape index (κ3) is 5.58. The van der Waals surface area contributed by atoms with Gasteiger partial charge in [0.15, 0.2) is 0 Å². The van der Waals surface area contributed by atoms with Gasteiger partial charge in [0, 0.05) is 0 Å². The van der Waals surface area contributed by atoms with Crippen LogP contribution in [0.1, 0.15) is 26.2 Å². The zero-order chi connectivity index (χ0) is 14.0. The van der Waals surface area contributed by atoms with Crippen molar-refractivity contribution >= 4 is 31.2 Å². The minimum atomic E-state index is 0.412. The molecule has 0 aliphatic carbocycles. The second-order valence-corrected chi connectivity index (χ2v) is 8.53. The summed E-state index contributed by atoms with van der Waals surface area (Å²) in [7, 11) is 0. The molecule has 0 spiro atoms. The number of benzene rings is 2. The van der Waals surface area contributed by atoms with Gasteiger partial charge in [0.2, 0.25) is 0 Å². The summed E-state index contributed by atoms with van der Waals surface area (Å²) in [5, 5.41) is 0. The van der Waals surface area contributed by atoms with Gasteiger partial charge < -0.3 is 0 Å². The number of allylic oxidation sites excluding steroid dienone is 1. The molecular weight excluding hydrogens is 327 g/mol. The SMILES string of the molecule is CCCC/C=C(/Sc1ccccc1)[Se]c1ccccc1. The number of hydrogen-bond donors (Lipinski definition) is 0. The van der Waals surface area contributed by atoms with Gasteiger partial charge in [0.1, 0.15) is 0 Å². The van der Waals surface area contributed by atoms with Crippen molar-refractivity contribution in [3.63, 3.8) is 0 Å². The van der Waals surface area contributed by atoms with Crippen molar-refractivity contribution in [2.45, 2.75) is 31.1 Å². The van der Waals surface area contributed by atoms with E-state index in [2.05, 4.69) is 73.7 Å². The second kappa shape index (κ2) is 9.07. The van der Waals surface area contributed by atoms with Crippen LogP contribution in [0.4, 0.5) is 0 Å². The summed E-state index contributed by atoms with van der Waals surface area (Å²) in [6.45, 7) is 2.25. The van der Waals surface area contributed by atoms with E-state index in [0.29, 0.717) is 15.0 Å². The van der Waals surface area contributed by atoms with E-state index >= 15 is 0 Å². The van der Waals surface area contributed by atoms with E-state index < -0.39 is 0 Å². The molecule has 0 amide bonds. The van der Waals surface area contributed by atoms with Crippen molar-refractivity contribution < 1.29 is 0 Å². The Kier molecular flexibility index (Phi) is 7.00. The Morgan fingerprint density at radius 3 is 2.30 bits per heavy atom. The first-order valence-corrected chi connectivity index (χ1v) is 9.57. The van der Waals surface area contributed by atoms with Crippen molar-refractivity contribution in [3.05, 3.63) is 70.5 Å². The third-order valence-corrected chi connectivity index (χ3v) is 6.46. The first-order chi connectivity index (χ1) is 9.88. The van der Waals surface area contributed by atoms with E-state index in [9.17, 15) is 0 Å². The van der Waals surface area contributed by atoms with Crippen LogP contribution in [0.5, 0.6) is 0 Å². The molecular formula is C18H20SSe. The van der Waals surface area contributed by atoms with Crippen molar-refractivity contribution in [3.8, 4) is 0 Å². The summed E-state index contributed by atoms with van der Waals surface area (Å²) < 4.78 is 2.97. The minimum absolute atomic E-state index is 0.412. The average Bonchev–Trinajstić information content (AvgIpc) is 2.49. The Morgan fingerprint density at radius 1 is 1.00 bits per heavy atom. The fourth-order valence-electron chi connectivity index (χ4n) is 1.74. The Hall–Kier alpha value is -0.951. The van der Waals surface area contributed by atoms with Gasteiger partial charge in [-0.15, -0.1) is 0 Å². The van der Waals surface area contributed by atoms with E-state index in [1.54, 1.807) is 0 Å². The van der Waals surface area contributed by atoms with E-state index in [4.69, 9.17) is 0 Å². The van der Waals surface area contributed by atoms with Gasteiger partial charge in [-0.05, 0) is 0 Å². The Bertz CT molecular complexity index is 476. The quantitative estimate of drug-likeness (QED) is 0.392. The summed E-state index contributed by atoms with van der Waals surface area (Å²) >= 11 is 2.34. The molecule has 0 N–H and O–H groups in total. The molecule has 2 aromatic carbocycles. The average molecular weight is 347 g/mol. The predicted octanol–water partition coefficient (Wildman–Crippen LogP) is 4.84. The van der Waals surface area contributed by atoms with Gasteiger partial charge >= 0.3 is 133 Å². The van der Waals surface area contributed by atoms with Crippen LogP contribution in [0.25, 0.3) is 0 Å². The maximum atomic E-state index is 2.44. The Labute approximate surface area is 132 Å². The molecule has 0 nitrogen and oxygen atoms in total. The van der Waals surface area contributed by atoms with Crippen LogP contribution in [0, 0.1) is 0 Å². The van der Waals surface area contributed by atoms with Crippen molar-refractivity contribution in [1.29, 1.82) is 0 Å². The van der Waals surface area contributed by atoms with Crippen molar-refractivity contribution in [1.82, 2.24) is 0 Å². The summed E-state index contributed by atoms with van der Waals surface area (Å²) in [5.74, 6) is 0. The molecule has 0 aliphatic heterocycles. The second-order valence-electron chi connectivity index (χ2n) is 4.50. The molecule has 0 radical (unpaired) electrons. The van der Waals surface area contributed by atoms with Gasteiger partial charge in [-0.1, -0.05) is 0 Å². The topological polar surface area (TPSA) is 0 Å². The van der Waals surface area contributed by atoms with Crippen LogP contribution in [-0.2, 0) is 0 Å². The summed E-state index contributed by atoms with van der Waals surface area (Å²) in [6, 6.07) is 21.5. The molecule has 0 unspecified atom stereocenters. The van der Waals surface area contributed by atoms with Crippen LogP contribution in [-0.4, -0.2) is 15.0 Å². The molecule has 20 heavy (non-hydrogen) atoms. The molecule has 2 heteroatoms. The molecule has 0 aromatic heterocycles.